The molecule has 0 aromatic heterocycles. The maximum atomic E-state index is 13.2. The van der Waals surface area contributed by atoms with E-state index in [-0.39, 0.29) is 23.9 Å². The molecule has 0 fully saturated rings. The van der Waals surface area contributed by atoms with Crippen molar-refractivity contribution in [3.8, 4) is 0 Å². The second-order valence-corrected chi connectivity index (χ2v) is 9.71. The molecule has 0 aliphatic carbocycles. The molecule has 0 saturated heterocycles. The number of benzene rings is 2. The first-order valence-electron chi connectivity index (χ1n) is 9.74. The molecule has 3 atom stereocenters. The Morgan fingerprint density at radius 2 is 1.50 bits per heavy atom. The van der Waals surface area contributed by atoms with Crippen LogP contribution in [0.5, 0.6) is 0 Å². The number of nitrogens with one attached hydrogen (secondary N) is 2. The molecule has 0 saturated carbocycles. The van der Waals surface area contributed by atoms with Crippen LogP contribution in [0.4, 0.5) is 0 Å². The van der Waals surface area contributed by atoms with Gasteiger partial charge in [0.05, 0.1) is 10.9 Å². The third-order valence-corrected chi connectivity index (χ3v) is 5.91. The molecule has 0 spiro atoms. The highest BCUT2D eigenvalue weighted by atomic mass is 32.2. The second-order valence-electron chi connectivity index (χ2n) is 8.50. The van der Waals surface area contributed by atoms with Gasteiger partial charge in [-0.25, -0.2) is 8.93 Å². The molecular weight excluding hydrogens is 368 g/mol. The average molecular weight is 401 g/mol. The van der Waals surface area contributed by atoms with Gasteiger partial charge in [-0.3, -0.25) is 4.79 Å². The summed E-state index contributed by atoms with van der Waals surface area (Å²) in [5.41, 5.74) is 1.50. The Balaban J connectivity index is 2.25. The molecule has 0 unspecified atom stereocenters. The fourth-order valence-corrected chi connectivity index (χ4v) is 4.35. The van der Waals surface area contributed by atoms with Crippen LogP contribution < -0.4 is 10.0 Å². The molecule has 0 heterocycles. The molecule has 5 heteroatoms. The largest absolute Gasteiger partial charge is 0.349 e. The van der Waals surface area contributed by atoms with Crippen molar-refractivity contribution in [3.63, 3.8) is 0 Å². The number of carbonyl (C=O) groups excluding carboxylic acids is 1. The summed E-state index contributed by atoms with van der Waals surface area (Å²) in [7, 11) is -1.40. The zero-order valence-corrected chi connectivity index (χ0v) is 18.5. The fourth-order valence-electron chi connectivity index (χ4n) is 2.93. The van der Waals surface area contributed by atoms with Crippen molar-refractivity contribution in [1.82, 2.24) is 10.0 Å². The molecule has 0 radical (unpaired) electrons. The smallest absolute Gasteiger partial charge is 0.225 e. The number of carbonyl (C=O) groups is 1. The molecule has 2 aromatic carbocycles. The van der Waals surface area contributed by atoms with E-state index in [1.54, 1.807) is 0 Å². The number of amides is 1. The van der Waals surface area contributed by atoms with Gasteiger partial charge in [0.2, 0.25) is 5.91 Å². The van der Waals surface area contributed by atoms with Crippen LogP contribution in [0.3, 0.4) is 0 Å². The van der Waals surface area contributed by atoms with Crippen LogP contribution in [0.15, 0.2) is 59.5 Å². The molecule has 4 nitrogen and oxygen atoms in total. The molecule has 152 valence electrons. The molecule has 0 aliphatic heterocycles. The van der Waals surface area contributed by atoms with Gasteiger partial charge in [0, 0.05) is 11.5 Å². The van der Waals surface area contributed by atoms with Gasteiger partial charge in [0.15, 0.2) is 0 Å². The van der Waals surface area contributed by atoms with Gasteiger partial charge >= 0.3 is 0 Å². The van der Waals surface area contributed by atoms with Crippen LogP contribution in [0.25, 0.3) is 0 Å². The summed E-state index contributed by atoms with van der Waals surface area (Å²) in [5, 5.41) is 3.04. The molecule has 28 heavy (non-hydrogen) atoms. The van der Waals surface area contributed by atoms with Crippen LogP contribution in [-0.4, -0.2) is 10.1 Å². The predicted molar refractivity (Wildman–Crippen MR) is 116 cm³/mol. The Morgan fingerprint density at radius 1 is 0.929 bits per heavy atom. The molecule has 1 amide bonds. The van der Waals surface area contributed by atoms with Gasteiger partial charge in [0.1, 0.15) is 11.0 Å². The molecule has 2 rings (SSSR count). The third kappa shape index (κ3) is 5.76. The quantitative estimate of drug-likeness (QED) is 0.693. The zero-order chi connectivity index (χ0) is 20.9. The van der Waals surface area contributed by atoms with E-state index in [2.05, 4.69) is 23.9 Å². The monoisotopic (exact) mass is 400 g/mol. The number of hydrogen-bond acceptors (Lipinski definition) is 2. The van der Waals surface area contributed by atoms with E-state index >= 15 is 0 Å². The minimum absolute atomic E-state index is 0.0297. The highest BCUT2D eigenvalue weighted by Crippen LogP contribution is 2.26. The lowest BCUT2D eigenvalue weighted by Crippen LogP contribution is -2.37. The van der Waals surface area contributed by atoms with E-state index in [9.17, 15) is 9.00 Å². The summed E-state index contributed by atoms with van der Waals surface area (Å²) in [6.45, 7) is 11.8. The summed E-state index contributed by atoms with van der Waals surface area (Å²) >= 11 is 0. The van der Waals surface area contributed by atoms with E-state index in [4.69, 9.17) is 0 Å². The van der Waals surface area contributed by atoms with E-state index < -0.39 is 16.4 Å². The van der Waals surface area contributed by atoms with Crippen LogP contribution in [-0.2, 0) is 15.8 Å². The Hall–Kier alpha value is -1.98. The number of hydrogen-bond donors (Lipinski definition) is 2. The lowest BCUT2D eigenvalue weighted by Gasteiger charge is -2.25. The normalized spacial score (nSPS) is 15.1. The van der Waals surface area contributed by atoms with Gasteiger partial charge in [-0.1, -0.05) is 83.1 Å². The lowest BCUT2D eigenvalue weighted by molar-refractivity contribution is -0.129. The van der Waals surface area contributed by atoms with Crippen LogP contribution in [0.2, 0.25) is 0 Å². The van der Waals surface area contributed by atoms with E-state index in [1.165, 1.54) is 0 Å². The third-order valence-electron chi connectivity index (χ3n) is 4.67. The fraction of sp³-hybridized carbons (Fsp3) is 0.435. The van der Waals surface area contributed by atoms with Gasteiger partial charge in [-0.15, -0.1) is 0 Å². The SMILES string of the molecule is CC(C)[C@H](N[S@](=O)c1ccccc1[C@@H](C)NC(=O)C(C)(C)C)c1ccccc1. The Kier molecular flexibility index (Phi) is 7.55. The van der Waals surface area contributed by atoms with Crippen LogP contribution in [0.1, 0.15) is 64.8 Å². The minimum atomic E-state index is -1.40. The van der Waals surface area contributed by atoms with Crippen molar-refractivity contribution in [3.05, 3.63) is 65.7 Å². The Bertz CT molecular complexity index is 813. The van der Waals surface area contributed by atoms with E-state index in [0.717, 1.165) is 11.1 Å². The van der Waals surface area contributed by atoms with Gasteiger partial charge in [-0.2, -0.15) is 0 Å². The topological polar surface area (TPSA) is 58.2 Å². The van der Waals surface area contributed by atoms with Crippen molar-refractivity contribution in [2.75, 3.05) is 0 Å². The maximum absolute atomic E-state index is 13.2. The summed E-state index contributed by atoms with van der Waals surface area (Å²) in [6, 6.07) is 17.4. The maximum Gasteiger partial charge on any atom is 0.225 e. The molecule has 2 N–H and O–H groups in total. The van der Waals surface area contributed by atoms with Gasteiger partial charge < -0.3 is 5.32 Å². The standard InChI is InChI=1S/C23H32N2O2S/c1-16(2)21(18-12-8-7-9-13-18)25-28(27)20-15-11-10-14-19(20)17(3)24-22(26)23(4,5)6/h7-17,21,25H,1-6H3,(H,24,26)/t17-,21+,28-/m1/s1. The van der Waals surface area contributed by atoms with Crippen molar-refractivity contribution in [1.29, 1.82) is 0 Å². The highest BCUT2D eigenvalue weighted by Gasteiger charge is 2.25. The summed E-state index contributed by atoms with van der Waals surface area (Å²) in [5.74, 6) is 0.245. The van der Waals surface area contributed by atoms with Crippen molar-refractivity contribution >= 4 is 16.9 Å². The number of rotatable bonds is 7. The molecule has 0 aliphatic rings. The molecule has 0 bridgehead atoms. The summed E-state index contributed by atoms with van der Waals surface area (Å²) < 4.78 is 16.5. The van der Waals surface area contributed by atoms with Crippen LogP contribution in [0, 0.1) is 11.3 Å². The Morgan fingerprint density at radius 3 is 2.07 bits per heavy atom. The first-order valence-corrected chi connectivity index (χ1v) is 10.9. The summed E-state index contributed by atoms with van der Waals surface area (Å²) in [6.07, 6.45) is 0. The van der Waals surface area contributed by atoms with Crippen molar-refractivity contribution in [2.24, 2.45) is 11.3 Å². The average Bonchev–Trinajstić information content (AvgIpc) is 2.65. The van der Waals surface area contributed by atoms with Crippen molar-refractivity contribution < 1.29 is 9.00 Å². The van der Waals surface area contributed by atoms with E-state index in [1.807, 2.05) is 82.3 Å². The van der Waals surface area contributed by atoms with Gasteiger partial charge in [0.25, 0.3) is 0 Å². The van der Waals surface area contributed by atoms with Gasteiger partial charge in [-0.05, 0) is 30.0 Å². The van der Waals surface area contributed by atoms with Crippen LogP contribution >= 0.6 is 0 Å². The lowest BCUT2D eigenvalue weighted by atomic mass is 9.94. The second kappa shape index (κ2) is 9.48. The highest BCUT2D eigenvalue weighted by molar-refractivity contribution is 7.83. The Labute approximate surface area is 171 Å². The van der Waals surface area contributed by atoms with E-state index in [0.29, 0.717) is 4.90 Å². The molecule has 2 aromatic rings. The minimum Gasteiger partial charge on any atom is -0.349 e. The predicted octanol–water partition coefficient (Wildman–Crippen LogP) is 4.92. The summed E-state index contributed by atoms with van der Waals surface area (Å²) in [4.78, 5) is 13.1. The first-order chi connectivity index (χ1) is 13.1. The van der Waals surface area contributed by atoms with Crippen molar-refractivity contribution in [2.45, 2.75) is 58.5 Å². The zero-order valence-electron chi connectivity index (χ0n) is 17.7. The first kappa shape index (κ1) is 22.3. The molecular formula is C23H32N2O2S.